The van der Waals surface area contributed by atoms with Gasteiger partial charge >= 0.3 is 0 Å². The average Bonchev–Trinajstić information content (AvgIpc) is 1.49. The molecule has 10 aromatic carbocycles. The lowest BCUT2D eigenvalue weighted by Gasteiger charge is -2.32. The zero-order valence-corrected chi connectivity index (χ0v) is 30.4. The summed E-state index contributed by atoms with van der Waals surface area (Å²) in [6.07, 6.45) is 0. The molecule has 0 fully saturated rings. The predicted molar refractivity (Wildman–Crippen MR) is 253 cm³/mol. The number of nitrogens with zero attached hydrogens (tertiary/aromatic N) is 1. The van der Waals surface area contributed by atoms with E-state index in [4.69, 9.17) is 27.7 Å². The van der Waals surface area contributed by atoms with E-state index in [0.717, 1.165) is 0 Å². The third kappa shape index (κ3) is 4.79. The highest BCUT2D eigenvalue weighted by molar-refractivity contribution is 6.19. The summed E-state index contributed by atoms with van der Waals surface area (Å²) < 4.78 is 352. The van der Waals surface area contributed by atoms with E-state index in [0.29, 0.717) is 4.90 Å². The predicted octanol–water partition coefficient (Wildman–Crippen LogP) is 15.9. The van der Waals surface area contributed by atoms with Crippen LogP contribution in [0.15, 0.2) is 228 Å². The summed E-state index contributed by atoms with van der Waals surface area (Å²) in [6, 6.07) is -41.3. The monoisotopic (exact) mass is 813 g/mol. The number of hydrogen-bond donors (Lipinski definition) is 0. The van der Waals surface area contributed by atoms with E-state index >= 15 is 0 Å². The molecule has 2 nitrogen and oxygen atoms in total. The van der Waals surface area contributed by atoms with Gasteiger partial charge in [0.2, 0.25) is 0 Å². The summed E-state index contributed by atoms with van der Waals surface area (Å²) in [5.74, 6) is 0. The molecule has 0 bridgehead atoms. The third-order valence-electron chi connectivity index (χ3n) is 10.6. The quantitative estimate of drug-likeness (QED) is 0.172. The van der Waals surface area contributed by atoms with E-state index < -0.39 is 346 Å². The number of furan rings is 1. The molecule has 284 valence electrons. The molecule has 0 saturated carbocycles. The second-order valence-electron chi connectivity index (χ2n) is 13.5. The van der Waals surface area contributed by atoms with E-state index in [1.807, 2.05) is 0 Å². The van der Waals surface area contributed by atoms with Crippen molar-refractivity contribution in [1.29, 1.82) is 0 Å². The highest BCUT2D eigenvalue weighted by atomic mass is 16.3. The standard InChI is InChI=1S/C59H37NO/c1-3-17-38(18-4-1)42-21-12-16-30-56(42)60(41-32-34-48-51-37-50(39-19-5-2-6-20-39)43-22-7-8-26-49(43)58(51)61-57(48)36-41)40-31-33-47-46-25-11-15-29-54(46)59(55(47)35-40)52-27-13-9-23-44(52)45-24-10-14-28-53(45)59/h1-37H/i1D,2D,3D,4D,5D,6D,7D,8D,9D,10D,11D,12D,13D,14D,15D,16D,17D,18D,19D,20D,21D,22D,23D,24D,25D,26D,27D,28D,29D,30D,31D,32D,33D,34D,35D,36D,37D. The number of benzene rings is 10. The van der Waals surface area contributed by atoms with E-state index in [1.165, 1.54) is 0 Å². The lowest BCUT2D eigenvalue weighted by atomic mass is 9.70. The maximum Gasteiger partial charge on any atom is 0.143 e. The van der Waals surface area contributed by atoms with E-state index in [1.54, 1.807) is 0 Å². The summed E-state index contributed by atoms with van der Waals surface area (Å²) in [5, 5.41) is -2.96. The highest BCUT2D eigenvalue weighted by Crippen LogP contribution is 2.63. The summed E-state index contributed by atoms with van der Waals surface area (Å²) in [4.78, 5) is 0.291. The number of anilines is 3. The Bertz CT molecular complexity index is 5580. The van der Waals surface area contributed by atoms with Crippen LogP contribution < -0.4 is 4.90 Å². The van der Waals surface area contributed by atoms with Crippen LogP contribution in [0.25, 0.3) is 77.2 Å². The maximum absolute atomic E-state index is 10.9. The topological polar surface area (TPSA) is 16.4 Å². The van der Waals surface area contributed by atoms with Gasteiger partial charge in [-0.1, -0.05) is 181 Å². The molecule has 0 radical (unpaired) electrons. The molecule has 1 heterocycles. The van der Waals surface area contributed by atoms with Crippen LogP contribution in [0.2, 0.25) is 0 Å². The van der Waals surface area contributed by atoms with Crippen LogP contribution in [0, 0.1) is 0 Å². The number of hydrogen-bond acceptors (Lipinski definition) is 2. The molecule has 11 aromatic rings. The fourth-order valence-electron chi connectivity index (χ4n) is 8.16. The molecule has 0 saturated heterocycles. The minimum Gasteiger partial charge on any atom is -0.455 e. The van der Waals surface area contributed by atoms with Gasteiger partial charge in [0.25, 0.3) is 0 Å². The van der Waals surface area contributed by atoms with Gasteiger partial charge in [-0.3, -0.25) is 0 Å². The average molecular weight is 813 g/mol. The molecular weight excluding hydrogens is 739 g/mol. The molecule has 2 aliphatic carbocycles. The molecule has 0 unspecified atom stereocenters. The Morgan fingerprint density at radius 3 is 1.49 bits per heavy atom. The van der Waals surface area contributed by atoms with Crippen molar-refractivity contribution >= 4 is 49.8 Å². The fraction of sp³-hybridized carbons (Fsp3) is 0.0169. The molecule has 13 rings (SSSR count). The van der Waals surface area contributed by atoms with Crippen LogP contribution in [0.3, 0.4) is 0 Å². The highest BCUT2D eigenvalue weighted by Gasteiger charge is 2.51. The summed E-state index contributed by atoms with van der Waals surface area (Å²) in [7, 11) is 0. The molecule has 1 spiro atoms. The molecule has 61 heavy (non-hydrogen) atoms. The lowest BCUT2D eigenvalue weighted by Crippen LogP contribution is -2.26. The van der Waals surface area contributed by atoms with Crippen LogP contribution in [-0.4, -0.2) is 0 Å². The maximum atomic E-state index is 10.9. The number of fused-ring (bicyclic) bond motifs is 15. The van der Waals surface area contributed by atoms with Crippen molar-refractivity contribution in [3.63, 3.8) is 0 Å². The van der Waals surface area contributed by atoms with E-state index in [9.17, 15) is 27.4 Å². The summed E-state index contributed by atoms with van der Waals surface area (Å²) in [5.41, 5.74) is -19.2. The Hall–Kier alpha value is -7.94. The first-order chi connectivity index (χ1) is 45.7. The van der Waals surface area contributed by atoms with Crippen molar-refractivity contribution < 1.29 is 55.1 Å². The first-order valence-electron chi connectivity index (χ1n) is 36.6. The summed E-state index contributed by atoms with van der Waals surface area (Å²) >= 11 is 0. The van der Waals surface area contributed by atoms with Gasteiger partial charge in [-0.25, -0.2) is 0 Å². The van der Waals surface area contributed by atoms with Gasteiger partial charge in [-0.05, 0) is 103 Å². The van der Waals surface area contributed by atoms with Crippen LogP contribution in [0.5, 0.6) is 0 Å². The van der Waals surface area contributed by atoms with Gasteiger partial charge in [-0.2, -0.15) is 0 Å². The number of rotatable bonds is 5. The minimum absolute atomic E-state index is 0.291. The Balaban J connectivity index is 1.32. The molecular formula is C59H37NO. The van der Waals surface area contributed by atoms with Crippen LogP contribution in [0.4, 0.5) is 17.1 Å². The van der Waals surface area contributed by atoms with Crippen molar-refractivity contribution in [2.45, 2.75) is 5.41 Å². The largest absolute Gasteiger partial charge is 0.455 e. The second-order valence-corrected chi connectivity index (χ2v) is 13.5. The molecule has 1 aromatic heterocycles. The van der Waals surface area contributed by atoms with Gasteiger partial charge in [0.1, 0.15) is 11.2 Å². The van der Waals surface area contributed by atoms with Crippen molar-refractivity contribution in [3.05, 3.63) is 246 Å². The Labute approximate surface area is 406 Å². The fourth-order valence-corrected chi connectivity index (χ4v) is 8.16. The number of para-hydroxylation sites is 1. The van der Waals surface area contributed by atoms with Crippen LogP contribution in [0.1, 0.15) is 73.0 Å². The van der Waals surface area contributed by atoms with Crippen molar-refractivity contribution in [1.82, 2.24) is 0 Å². The molecule has 2 heteroatoms. The smallest absolute Gasteiger partial charge is 0.143 e. The zero-order chi connectivity index (χ0) is 72.3. The van der Waals surface area contributed by atoms with Crippen molar-refractivity contribution in [2.75, 3.05) is 4.90 Å². The first-order valence-corrected chi connectivity index (χ1v) is 18.1. The lowest BCUT2D eigenvalue weighted by molar-refractivity contribution is 0.673. The summed E-state index contributed by atoms with van der Waals surface area (Å²) in [6.45, 7) is 0. The second kappa shape index (κ2) is 13.0. The van der Waals surface area contributed by atoms with E-state index in [-0.39, 0.29) is 0 Å². The Morgan fingerprint density at radius 2 is 0.836 bits per heavy atom. The van der Waals surface area contributed by atoms with Gasteiger partial charge in [-0.15, -0.1) is 0 Å². The van der Waals surface area contributed by atoms with Crippen molar-refractivity contribution in [2.24, 2.45) is 0 Å². The van der Waals surface area contributed by atoms with Crippen LogP contribution in [-0.2, 0) is 5.41 Å². The van der Waals surface area contributed by atoms with Gasteiger partial charge in [0, 0.05) is 39.1 Å². The zero-order valence-electron chi connectivity index (χ0n) is 67.4. The van der Waals surface area contributed by atoms with E-state index in [2.05, 4.69) is 0 Å². The van der Waals surface area contributed by atoms with Gasteiger partial charge in [0.15, 0.2) is 0 Å². The normalized spacial score (nSPS) is 21.5. The third-order valence-corrected chi connectivity index (χ3v) is 10.6. The molecule has 0 amide bonds. The molecule has 0 aliphatic heterocycles. The molecule has 2 aliphatic rings. The van der Waals surface area contributed by atoms with Crippen molar-refractivity contribution in [3.8, 4) is 44.5 Å². The first kappa shape index (κ1) is 13.8. The Kier molecular flexibility index (Phi) is 2.95. The molecule has 0 atom stereocenters. The van der Waals surface area contributed by atoms with Crippen LogP contribution >= 0.6 is 0 Å². The SMILES string of the molecule is [2H]c1c([2H])c([2H])c(-c2c([2H])c([2H])c([2H])c([2H])c2N(c2c([2H])c([2H])c3c(c2[2H])C2(c4c([2H])c([2H])c([2H])c([2H])c4-c4c([2H])c([2H])c([2H])c([2H])c42)c2c([2H])c([2H])c([2H])c([2H])c2-3)c2c([2H])c([2H])c3c(oc4c5c([2H])c([2H])c([2H])c([2H])c5c(-c5c([2H])c([2H])c([2H])c([2H])c5[2H])c([2H])c43)c2[2H])c([2H])c1[2H]. The Morgan fingerprint density at radius 1 is 0.344 bits per heavy atom. The minimum atomic E-state index is -3.13. The van der Waals surface area contributed by atoms with Gasteiger partial charge < -0.3 is 9.32 Å². The van der Waals surface area contributed by atoms with Gasteiger partial charge in [0.05, 0.1) is 61.8 Å². The molecule has 0 N–H and O–H groups in total.